The van der Waals surface area contributed by atoms with Crippen LogP contribution in [0.15, 0.2) is 12.4 Å². The van der Waals surface area contributed by atoms with Gasteiger partial charge in [-0.2, -0.15) is 0 Å². The maximum atomic E-state index is 12.6. The van der Waals surface area contributed by atoms with Crippen molar-refractivity contribution in [1.29, 1.82) is 0 Å². The van der Waals surface area contributed by atoms with E-state index in [1.807, 2.05) is 6.20 Å². The largest absolute Gasteiger partial charge is 0.347 e. The Morgan fingerprint density at radius 1 is 1.40 bits per heavy atom. The Morgan fingerprint density at radius 3 is 2.95 bits per heavy atom. The quantitative estimate of drug-likeness (QED) is 0.903. The van der Waals surface area contributed by atoms with E-state index in [0.717, 1.165) is 37.8 Å². The number of nitrogens with one attached hydrogen (secondary N) is 1. The molecule has 0 aromatic carbocycles. The van der Waals surface area contributed by atoms with Gasteiger partial charge in [0.15, 0.2) is 0 Å². The van der Waals surface area contributed by atoms with Crippen LogP contribution in [0.2, 0.25) is 0 Å². The molecular weight excluding hydrogens is 252 g/mol. The minimum Gasteiger partial charge on any atom is -0.347 e. The summed E-state index contributed by atoms with van der Waals surface area (Å²) >= 11 is 0. The van der Waals surface area contributed by atoms with E-state index in [2.05, 4.69) is 26.8 Å². The number of imidazole rings is 1. The highest BCUT2D eigenvalue weighted by molar-refractivity contribution is 5.82. The van der Waals surface area contributed by atoms with Gasteiger partial charge in [0.05, 0.1) is 6.04 Å². The highest BCUT2D eigenvalue weighted by Crippen LogP contribution is 2.55. The molecule has 5 nitrogen and oxygen atoms in total. The van der Waals surface area contributed by atoms with E-state index in [1.165, 1.54) is 12.8 Å². The van der Waals surface area contributed by atoms with Crippen LogP contribution in [-0.2, 0) is 4.79 Å². The van der Waals surface area contributed by atoms with Crippen molar-refractivity contribution in [3.05, 3.63) is 18.2 Å². The van der Waals surface area contributed by atoms with E-state index in [1.54, 1.807) is 6.20 Å². The van der Waals surface area contributed by atoms with Crippen LogP contribution in [0.1, 0.15) is 31.1 Å². The molecule has 0 radical (unpaired) electrons. The summed E-state index contributed by atoms with van der Waals surface area (Å²) in [5.74, 6) is 3.29. The van der Waals surface area contributed by atoms with Crippen molar-refractivity contribution in [3.8, 4) is 0 Å². The topological polar surface area (TPSA) is 52.2 Å². The van der Waals surface area contributed by atoms with E-state index in [4.69, 9.17) is 0 Å². The highest BCUT2D eigenvalue weighted by Gasteiger charge is 2.52. The summed E-state index contributed by atoms with van der Waals surface area (Å²) in [6.45, 7) is 2.56. The van der Waals surface area contributed by atoms with Crippen LogP contribution in [0, 0.1) is 17.8 Å². The SMILES string of the molecule is CN1CCN(C(=O)[C@@H]2C[C@H]2C2CC2)C[C@H]1c1ncc[nH]1. The third kappa shape index (κ3) is 2.14. The van der Waals surface area contributed by atoms with Crippen LogP contribution >= 0.6 is 0 Å². The molecule has 1 amide bonds. The molecule has 0 spiro atoms. The van der Waals surface area contributed by atoms with Crippen molar-refractivity contribution in [2.24, 2.45) is 17.8 Å². The molecule has 4 rings (SSSR count). The number of rotatable bonds is 3. The molecule has 0 unspecified atom stereocenters. The van der Waals surface area contributed by atoms with Gasteiger partial charge in [-0.3, -0.25) is 9.69 Å². The fourth-order valence-corrected chi connectivity index (χ4v) is 3.61. The zero-order valence-corrected chi connectivity index (χ0v) is 12.0. The molecule has 1 aromatic heterocycles. The second-order valence-corrected chi connectivity index (χ2v) is 6.60. The Kier molecular flexibility index (Phi) is 2.84. The summed E-state index contributed by atoms with van der Waals surface area (Å²) in [6, 6.07) is 0.209. The van der Waals surface area contributed by atoms with E-state index in [9.17, 15) is 4.79 Å². The lowest BCUT2D eigenvalue weighted by atomic mass is 10.1. The van der Waals surface area contributed by atoms with E-state index in [-0.39, 0.29) is 6.04 Å². The number of amides is 1. The molecule has 1 saturated heterocycles. The van der Waals surface area contributed by atoms with Gasteiger partial charge in [-0.1, -0.05) is 0 Å². The van der Waals surface area contributed by atoms with Crippen LogP contribution in [0.3, 0.4) is 0 Å². The number of piperazine rings is 1. The van der Waals surface area contributed by atoms with Gasteiger partial charge in [0.25, 0.3) is 0 Å². The number of hydrogen-bond donors (Lipinski definition) is 1. The first-order valence-corrected chi connectivity index (χ1v) is 7.72. The Balaban J connectivity index is 1.43. The molecular formula is C15H22N4O. The number of carbonyl (C=O) groups excluding carboxylic acids is 1. The highest BCUT2D eigenvalue weighted by atomic mass is 16.2. The molecule has 5 heteroatoms. The molecule has 1 aliphatic heterocycles. The van der Waals surface area contributed by atoms with Crippen molar-refractivity contribution in [3.63, 3.8) is 0 Å². The predicted molar refractivity (Wildman–Crippen MR) is 74.9 cm³/mol. The monoisotopic (exact) mass is 274 g/mol. The fourth-order valence-electron chi connectivity index (χ4n) is 3.61. The van der Waals surface area contributed by atoms with Crippen molar-refractivity contribution in [2.75, 3.05) is 26.7 Å². The third-order valence-corrected chi connectivity index (χ3v) is 5.18. The Labute approximate surface area is 119 Å². The van der Waals surface area contributed by atoms with Gasteiger partial charge in [-0.25, -0.2) is 4.98 Å². The number of likely N-dealkylation sites (N-methyl/N-ethyl adjacent to an activating group) is 1. The van der Waals surface area contributed by atoms with Crippen LogP contribution in [0.4, 0.5) is 0 Å². The van der Waals surface area contributed by atoms with Crippen molar-refractivity contribution < 1.29 is 4.79 Å². The Morgan fingerprint density at radius 2 is 2.25 bits per heavy atom. The summed E-state index contributed by atoms with van der Waals surface area (Å²) in [5.41, 5.74) is 0. The van der Waals surface area contributed by atoms with Crippen molar-refractivity contribution >= 4 is 5.91 Å². The lowest BCUT2D eigenvalue weighted by Gasteiger charge is -2.38. The number of hydrogen-bond acceptors (Lipinski definition) is 3. The average Bonchev–Trinajstić information content (AvgIpc) is 3.35. The van der Waals surface area contributed by atoms with Gasteiger partial charge < -0.3 is 9.88 Å². The van der Waals surface area contributed by atoms with E-state index >= 15 is 0 Å². The first-order valence-electron chi connectivity index (χ1n) is 7.72. The maximum Gasteiger partial charge on any atom is 0.226 e. The smallest absolute Gasteiger partial charge is 0.226 e. The number of nitrogens with zero attached hydrogens (tertiary/aromatic N) is 3. The van der Waals surface area contributed by atoms with E-state index < -0.39 is 0 Å². The molecule has 1 N–H and O–H groups in total. The van der Waals surface area contributed by atoms with Gasteiger partial charge in [0.2, 0.25) is 5.91 Å². The normalized spacial score (nSPS) is 34.2. The predicted octanol–water partition coefficient (Wildman–Crippen LogP) is 1.27. The Bertz CT molecular complexity index is 496. The molecule has 3 aliphatic rings. The van der Waals surface area contributed by atoms with Gasteiger partial charge in [0.1, 0.15) is 5.82 Å². The molecule has 108 valence electrons. The minimum atomic E-state index is 0.209. The van der Waals surface area contributed by atoms with E-state index in [0.29, 0.717) is 17.7 Å². The molecule has 2 heterocycles. The van der Waals surface area contributed by atoms with Crippen LogP contribution in [0.25, 0.3) is 0 Å². The lowest BCUT2D eigenvalue weighted by molar-refractivity contribution is -0.135. The standard InChI is InChI=1S/C15H22N4O/c1-18-6-7-19(9-13(18)14-16-4-5-17-14)15(20)12-8-11(12)10-2-3-10/h4-5,10-13H,2-3,6-9H2,1H3,(H,16,17)/t11-,12+,13-/m0/s1. The zero-order chi connectivity index (χ0) is 13.7. The maximum absolute atomic E-state index is 12.6. The Hall–Kier alpha value is -1.36. The summed E-state index contributed by atoms with van der Waals surface area (Å²) in [4.78, 5) is 24.5. The molecule has 20 heavy (non-hydrogen) atoms. The number of aromatic amines is 1. The summed E-state index contributed by atoms with van der Waals surface area (Å²) < 4.78 is 0. The molecule has 2 saturated carbocycles. The second-order valence-electron chi connectivity index (χ2n) is 6.60. The third-order valence-electron chi connectivity index (χ3n) is 5.18. The van der Waals surface area contributed by atoms with Gasteiger partial charge >= 0.3 is 0 Å². The second kappa shape index (κ2) is 4.58. The van der Waals surface area contributed by atoms with Crippen LogP contribution in [0.5, 0.6) is 0 Å². The molecule has 0 bridgehead atoms. The van der Waals surface area contributed by atoms with Gasteiger partial charge in [-0.05, 0) is 38.1 Å². The zero-order valence-electron chi connectivity index (χ0n) is 12.0. The summed E-state index contributed by atoms with van der Waals surface area (Å²) in [5, 5.41) is 0. The number of carbonyl (C=O) groups is 1. The molecule has 1 aromatic rings. The van der Waals surface area contributed by atoms with Crippen LogP contribution < -0.4 is 0 Å². The number of H-pyrrole nitrogens is 1. The van der Waals surface area contributed by atoms with Crippen molar-refractivity contribution in [1.82, 2.24) is 19.8 Å². The number of aromatic nitrogens is 2. The van der Waals surface area contributed by atoms with Crippen LogP contribution in [-0.4, -0.2) is 52.4 Å². The van der Waals surface area contributed by atoms with Gasteiger partial charge in [-0.15, -0.1) is 0 Å². The molecule has 3 atom stereocenters. The van der Waals surface area contributed by atoms with Gasteiger partial charge in [0, 0.05) is 37.9 Å². The summed E-state index contributed by atoms with van der Waals surface area (Å²) in [7, 11) is 2.11. The first-order chi connectivity index (χ1) is 9.74. The molecule has 2 aliphatic carbocycles. The summed E-state index contributed by atoms with van der Waals surface area (Å²) in [6.07, 6.45) is 7.49. The average molecular weight is 274 g/mol. The fraction of sp³-hybridized carbons (Fsp3) is 0.733. The van der Waals surface area contributed by atoms with Crippen molar-refractivity contribution in [2.45, 2.75) is 25.3 Å². The minimum absolute atomic E-state index is 0.209. The lowest BCUT2D eigenvalue weighted by Crippen LogP contribution is -2.49. The molecule has 3 fully saturated rings. The first kappa shape index (κ1) is 12.4.